The van der Waals surface area contributed by atoms with Gasteiger partial charge in [0.25, 0.3) is 5.91 Å². The van der Waals surface area contributed by atoms with E-state index in [1.807, 2.05) is 18.2 Å². The number of benzene rings is 2. The SMILES string of the molecule is Cn1c(CCCCOCc2cccc(Cl)c2)c(C(=O)N2CC[C@H](C(=O)O)C2)c2cc(C(F)(F)F)ccc21. The number of halogens is 4. The minimum absolute atomic E-state index is 0.0420. The number of carbonyl (C=O) groups excluding carboxylic acids is 1. The fraction of sp³-hybridized carbons (Fsp3) is 0.407. The number of carboxylic acid groups (broad SMARTS) is 1. The largest absolute Gasteiger partial charge is 0.481 e. The molecule has 10 heteroatoms. The summed E-state index contributed by atoms with van der Waals surface area (Å²) in [5.74, 6) is -2.09. The van der Waals surface area contributed by atoms with E-state index in [1.54, 1.807) is 17.7 Å². The average molecular weight is 537 g/mol. The van der Waals surface area contributed by atoms with Gasteiger partial charge in [0.15, 0.2) is 0 Å². The van der Waals surface area contributed by atoms with Gasteiger partial charge in [-0.2, -0.15) is 13.2 Å². The third kappa shape index (κ3) is 6.10. The van der Waals surface area contributed by atoms with Crippen LogP contribution in [0.25, 0.3) is 10.9 Å². The monoisotopic (exact) mass is 536 g/mol. The molecule has 1 aliphatic heterocycles. The number of hydrogen-bond acceptors (Lipinski definition) is 3. The lowest BCUT2D eigenvalue weighted by Gasteiger charge is -2.17. The standard InChI is InChI=1S/C27H28ClF3N2O4/c1-32-22-9-8-19(27(29,30)31)14-21(22)24(25(34)33-11-10-18(15-33)26(35)36)23(32)7-2-3-12-37-16-17-5-4-6-20(28)13-17/h4-6,8-9,13-14,18H,2-3,7,10-12,15-16H2,1H3,(H,35,36)/t18-/m0/s1. The van der Waals surface area contributed by atoms with E-state index in [-0.39, 0.29) is 24.0 Å². The summed E-state index contributed by atoms with van der Waals surface area (Å²) in [7, 11) is 1.74. The van der Waals surface area contributed by atoms with E-state index in [1.165, 1.54) is 11.0 Å². The van der Waals surface area contributed by atoms with Gasteiger partial charge in [-0.3, -0.25) is 9.59 Å². The van der Waals surface area contributed by atoms with Crippen molar-refractivity contribution >= 4 is 34.4 Å². The highest BCUT2D eigenvalue weighted by Crippen LogP contribution is 2.35. The molecule has 1 aliphatic rings. The maximum Gasteiger partial charge on any atom is 0.416 e. The van der Waals surface area contributed by atoms with E-state index in [4.69, 9.17) is 16.3 Å². The number of aliphatic carboxylic acids is 1. The van der Waals surface area contributed by atoms with Gasteiger partial charge in [0.05, 0.1) is 23.7 Å². The van der Waals surface area contributed by atoms with Gasteiger partial charge in [-0.05, 0) is 61.6 Å². The Balaban J connectivity index is 1.53. The number of nitrogens with zero attached hydrogens (tertiary/aromatic N) is 2. The molecule has 0 saturated carbocycles. The highest BCUT2D eigenvalue weighted by atomic mass is 35.5. The molecule has 3 aromatic rings. The van der Waals surface area contributed by atoms with Crippen LogP contribution in [0.15, 0.2) is 42.5 Å². The first kappa shape index (κ1) is 27.0. The maximum atomic E-state index is 13.5. The molecule has 1 aromatic heterocycles. The van der Waals surface area contributed by atoms with Crippen LogP contribution in [0.5, 0.6) is 0 Å². The second-order valence-electron chi connectivity index (χ2n) is 9.33. The highest BCUT2D eigenvalue weighted by Gasteiger charge is 2.35. The number of fused-ring (bicyclic) bond motifs is 1. The summed E-state index contributed by atoms with van der Waals surface area (Å²) in [6.45, 7) is 1.19. The molecule has 0 aliphatic carbocycles. The van der Waals surface area contributed by atoms with Crippen molar-refractivity contribution in [2.45, 2.75) is 38.5 Å². The lowest BCUT2D eigenvalue weighted by atomic mass is 10.0. The number of aryl methyl sites for hydroxylation is 1. The number of aromatic nitrogens is 1. The summed E-state index contributed by atoms with van der Waals surface area (Å²) < 4.78 is 47.9. The van der Waals surface area contributed by atoms with Crippen LogP contribution in [0.2, 0.25) is 5.02 Å². The number of carboxylic acids is 1. The van der Waals surface area contributed by atoms with Crippen molar-refractivity contribution in [3.05, 3.63) is 69.9 Å². The van der Waals surface area contributed by atoms with E-state index in [9.17, 15) is 27.9 Å². The summed E-state index contributed by atoms with van der Waals surface area (Å²) in [5.41, 5.74) is 1.50. The quantitative estimate of drug-likeness (QED) is 0.344. The molecule has 1 fully saturated rings. The van der Waals surface area contributed by atoms with Crippen LogP contribution in [-0.2, 0) is 35.8 Å². The molecule has 1 N–H and O–H groups in total. The van der Waals surface area contributed by atoms with Crippen LogP contribution in [0.4, 0.5) is 13.2 Å². The summed E-state index contributed by atoms with van der Waals surface area (Å²) in [4.78, 5) is 26.4. The Morgan fingerprint density at radius 1 is 1.16 bits per heavy atom. The summed E-state index contributed by atoms with van der Waals surface area (Å²) in [6, 6.07) is 10.8. The lowest BCUT2D eigenvalue weighted by Crippen LogP contribution is -2.30. The van der Waals surface area contributed by atoms with E-state index in [0.29, 0.717) is 55.1 Å². The predicted molar refractivity (Wildman–Crippen MR) is 134 cm³/mol. The zero-order valence-corrected chi connectivity index (χ0v) is 21.1. The number of ether oxygens (including phenoxy) is 1. The molecular formula is C27H28ClF3N2O4. The Morgan fingerprint density at radius 3 is 2.62 bits per heavy atom. The van der Waals surface area contributed by atoms with Gasteiger partial charge in [0, 0.05) is 48.4 Å². The van der Waals surface area contributed by atoms with Gasteiger partial charge in [-0.1, -0.05) is 23.7 Å². The molecule has 6 nitrogen and oxygen atoms in total. The molecule has 1 atom stereocenters. The van der Waals surface area contributed by atoms with E-state index in [0.717, 1.165) is 17.7 Å². The lowest BCUT2D eigenvalue weighted by molar-refractivity contribution is -0.141. The van der Waals surface area contributed by atoms with Gasteiger partial charge in [0.1, 0.15) is 0 Å². The number of alkyl halides is 3. The van der Waals surface area contributed by atoms with Crippen molar-refractivity contribution in [3.63, 3.8) is 0 Å². The Kier molecular flexibility index (Phi) is 8.14. The first-order valence-corrected chi connectivity index (χ1v) is 12.5. The molecule has 0 radical (unpaired) electrons. The van der Waals surface area contributed by atoms with E-state index in [2.05, 4.69) is 0 Å². The first-order chi connectivity index (χ1) is 17.6. The summed E-state index contributed by atoms with van der Waals surface area (Å²) in [5, 5.41) is 10.2. The average Bonchev–Trinajstić information content (AvgIpc) is 3.44. The number of amides is 1. The normalized spacial score (nSPS) is 16.0. The predicted octanol–water partition coefficient (Wildman–Crippen LogP) is 5.94. The maximum absolute atomic E-state index is 13.5. The third-order valence-corrected chi connectivity index (χ3v) is 7.03. The number of carbonyl (C=O) groups is 2. The minimum Gasteiger partial charge on any atom is -0.481 e. The van der Waals surface area contributed by atoms with Crippen LogP contribution in [0.1, 0.15) is 46.4 Å². The van der Waals surface area contributed by atoms with Crippen LogP contribution in [0.3, 0.4) is 0 Å². The Morgan fingerprint density at radius 2 is 1.95 bits per heavy atom. The number of hydrogen-bond donors (Lipinski definition) is 1. The van der Waals surface area contributed by atoms with Crippen molar-refractivity contribution in [1.29, 1.82) is 0 Å². The topological polar surface area (TPSA) is 71.8 Å². The second kappa shape index (κ2) is 11.1. The number of rotatable bonds is 9. The summed E-state index contributed by atoms with van der Waals surface area (Å²) >= 11 is 5.99. The van der Waals surface area contributed by atoms with Crippen LogP contribution >= 0.6 is 11.6 Å². The van der Waals surface area contributed by atoms with Crippen LogP contribution in [0, 0.1) is 5.92 Å². The van der Waals surface area contributed by atoms with Crippen LogP contribution in [-0.4, -0.2) is 46.1 Å². The van der Waals surface area contributed by atoms with Crippen molar-refractivity contribution in [2.75, 3.05) is 19.7 Å². The number of unbranched alkanes of at least 4 members (excludes halogenated alkanes) is 1. The van der Waals surface area contributed by atoms with E-state index >= 15 is 0 Å². The molecule has 2 heterocycles. The van der Waals surface area contributed by atoms with Gasteiger partial charge < -0.3 is 19.3 Å². The second-order valence-corrected chi connectivity index (χ2v) is 9.76. The smallest absolute Gasteiger partial charge is 0.416 e. The zero-order chi connectivity index (χ0) is 26.7. The van der Waals surface area contributed by atoms with E-state index < -0.39 is 29.5 Å². The highest BCUT2D eigenvalue weighted by molar-refractivity contribution is 6.30. The van der Waals surface area contributed by atoms with Crippen molar-refractivity contribution in [1.82, 2.24) is 9.47 Å². The Bertz CT molecular complexity index is 1300. The third-order valence-electron chi connectivity index (χ3n) is 6.80. The van der Waals surface area contributed by atoms with Gasteiger partial charge in [-0.15, -0.1) is 0 Å². The number of likely N-dealkylation sites (tertiary alicyclic amines) is 1. The summed E-state index contributed by atoms with van der Waals surface area (Å²) in [6.07, 6.45) is -2.42. The molecule has 1 amide bonds. The Hall–Kier alpha value is -3.04. The van der Waals surface area contributed by atoms with Crippen molar-refractivity contribution in [3.8, 4) is 0 Å². The van der Waals surface area contributed by atoms with Gasteiger partial charge in [-0.25, -0.2) is 0 Å². The molecule has 0 unspecified atom stereocenters. The fourth-order valence-electron chi connectivity index (χ4n) is 4.82. The van der Waals surface area contributed by atoms with Crippen LogP contribution < -0.4 is 0 Å². The van der Waals surface area contributed by atoms with Gasteiger partial charge >= 0.3 is 12.1 Å². The molecule has 4 rings (SSSR count). The Labute approximate surface area is 217 Å². The molecule has 0 spiro atoms. The van der Waals surface area contributed by atoms with Crippen molar-refractivity contribution in [2.24, 2.45) is 13.0 Å². The molecular weight excluding hydrogens is 509 g/mol. The first-order valence-electron chi connectivity index (χ1n) is 12.1. The van der Waals surface area contributed by atoms with Crippen molar-refractivity contribution < 1.29 is 32.6 Å². The molecule has 0 bridgehead atoms. The molecule has 2 aromatic carbocycles. The fourth-order valence-corrected chi connectivity index (χ4v) is 5.04. The zero-order valence-electron chi connectivity index (χ0n) is 20.4. The van der Waals surface area contributed by atoms with Gasteiger partial charge in [0.2, 0.25) is 0 Å². The molecule has 198 valence electrons. The molecule has 1 saturated heterocycles. The minimum atomic E-state index is -4.55. The molecule has 37 heavy (non-hydrogen) atoms.